The van der Waals surface area contributed by atoms with Crippen LogP contribution >= 0.6 is 0 Å². The number of aromatic nitrogens is 3. The molecule has 1 heterocycles. The molecule has 18 heavy (non-hydrogen) atoms. The first-order chi connectivity index (χ1) is 8.19. The number of ether oxygens (including phenoxy) is 1. The highest BCUT2D eigenvalue weighted by molar-refractivity contribution is 5.83. The molecule has 1 aromatic rings. The van der Waals surface area contributed by atoms with E-state index in [9.17, 15) is 9.59 Å². The fourth-order valence-corrected chi connectivity index (χ4v) is 1.16. The van der Waals surface area contributed by atoms with Gasteiger partial charge in [0, 0.05) is 7.05 Å². The van der Waals surface area contributed by atoms with Crippen LogP contribution in [0.4, 0.5) is 4.79 Å². The molecule has 0 saturated heterocycles. The van der Waals surface area contributed by atoms with Crippen LogP contribution in [0, 0.1) is 0 Å². The van der Waals surface area contributed by atoms with Crippen molar-refractivity contribution in [1.29, 1.82) is 0 Å². The molecule has 100 valence electrons. The van der Waals surface area contributed by atoms with Gasteiger partial charge in [0.15, 0.2) is 5.82 Å². The van der Waals surface area contributed by atoms with Crippen molar-refractivity contribution in [2.45, 2.75) is 32.9 Å². The van der Waals surface area contributed by atoms with Crippen LogP contribution in [0.5, 0.6) is 0 Å². The average molecular weight is 256 g/mol. The molecule has 0 saturated carbocycles. The second-order valence-corrected chi connectivity index (χ2v) is 4.64. The van der Waals surface area contributed by atoms with Gasteiger partial charge in [-0.3, -0.25) is 0 Å². The fraction of sp³-hybridized carbons (Fsp3) is 0.600. The zero-order chi connectivity index (χ0) is 13.9. The van der Waals surface area contributed by atoms with Gasteiger partial charge >= 0.3 is 12.1 Å². The SMILES string of the molecule is Cn1nc(CNC(=O)OC(C)(C)C)nc1C(=O)O. The van der Waals surface area contributed by atoms with Crippen LogP contribution in [0.2, 0.25) is 0 Å². The van der Waals surface area contributed by atoms with Crippen LogP contribution in [0.3, 0.4) is 0 Å². The summed E-state index contributed by atoms with van der Waals surface area (Å²) < 4.78 is 6.15. The standard InChI is InChI=1S/C10H16N4O4/c1-10(2,3)18-9(17)11-5-6-12-7(8(15)16)14(4)13-6/h5H2,1-4H3,(H,11,17)(H,15,16). The first kappa shape index (κ1) is 13.9. The summed E-state index contributed by atoms with van der Waals surface area (Å²) >= 11 is 0. The van der Waals surface area contributed by atoms with Gasteiger partial charge < -0.3 is 15.2 Å². The molecule has 0 aliphatic rings. The van der Waals surface area contributed by atoms with Crippen molar-refractivity contribution in [2.75, 3.05) is 0 Å². The summed E-state index contributed by atoms with van der Waals surface area (Å²) in [5.74, 6) is -1.15. The van der Waals surface area contributed by atoms with Gasteiger partial charge in [-0.15, -0.1) is 0 Å². The summed E-state index contributed by atoms with van der Waals surface area (Å²) in [4.78, 5) is 25.8. The zero-order valence-electron chi connectivity index (χ0n) is 10.7. The van der Waals surface area contributed by atoms with E-state index in [1.54, 1.807) is 20.8 Å². The molecule has 1 aromatic heterocycles. The van der Waals surface area contributed by atoms with Crippen molar-refractivity contribution in [3.63, 3.8) is 0 Å². The first-order valence-corrected chi connectivity index (χ1v) is 5.29. The largest absolute Gasteiger partial charge is 0.475 e. The third kappa shape index (κ3) is 4.04. The van der Waals surface area contributed by atoms with E-state index >= 15 is 0 Å². The topological polar surface area (TPSA) is 106 Å². The number of alkyl carbamates (subject to hydrolysis) is 1. The van der Waals surface area contributed by atoms with Gasteiger partial charge in [0.05, 0.1) is 6.54 Å². The summed E-state index contributed by atoms with van der Waals surface area (Å²) in [5.41, 5.74) is -0.589. The van der Waals surface area contributed by atoms with Gasteiger partial charge in [0.1, 0.15) is 5.60 Å². The molecule has 8 heteroatoms. The Bertz CT molecular complexity index is 461. The Morgan fingerprint density at radius 1 is 1.44 bits per heavy atom. The Hall–Kier alpha value is -2.12. The maximum absolute atomic E-state index is 11.3. The van der Waals surface area contributed by atoms with E-state index in [2.05, 4.69) is 15.4 Å². The second kappa shape index (κ2) is 5.03. The van der Waals surface area contributed by atoms with Gasteiger partial charge in [0.2, 0.25) is 5.82 Å². The molecule has 8 nitrogen and oxygen atoms in total. The maximum Gasteiger partial charge on any atom is 0.408 e. The second-order valence-electron chi connectivity index (χ2n) is 4.64. The minimum Gasteiger partial charge on any atom is -0.475 e. The van der Waals surface area contributed by atoms with E-state index in [1.165, 1.54) is 7.05 Å². The number of hydrogen-bond acceptors (Lipinski definition) is 5. The highest BCUT2D eigenvalue weighted by Crippen LogP contribution is 2.06. The van der Waals surface area contributed by atoms with E-state index in [4.69, 9.17) is 9.84 Å². The Labute approximate surface area is 104 Å². The number of carbonyl (C=O) groups is 2. The van der Waals surface area contributed by atoms with Crippen LogP contribution in [-0.4, -0.2) is 37.5 Å². The number of rotatable bonds is 3. The van der Waals surface area contributed by atoms with E-state index in [0.717, 1.165) is 4.68 Å². The summed E-state index contributed by atoms with van der Waals surface area (Å²) in [6.07, 6.45) is -0.605. The van der Waals surface area contributed by atoms with Crippen LogP contribution in [0.25, 0.3) is 0 Å². The monoisotopic (exact) mass is 256 g/mol. The Balaban J connectivity index is 2.57. The number of nitrogens with one attached hydrogen (secondary N) is 1. The van der Waals surface area contributed by atoms with Crippen molar-refractivity contribution in [3.8, 4) is 0 Å². The van der Waals surface area contributed by atoms with Gasteiger partial charge in [-0.2, -0.15) is 5.10 Å². The number of carboxylic acids is 1. The highest BCUT2D eigenvalue weighted by Gasteiger charge is 2.17. The van der Waals surface area contributed by atoms with Gasteiger partial charge in [-0.05, 0) is 20.8 Å². The number of aryl methyl sites for hydroxylation is 1. The first-order valence-electron chi connectivity index (χ1n) is 5.29. The molecule has 0 fully saturated rings. The molecule has 0 aromatic carbocycles. The van der Waals surface area contributed by atoms with E-state index < -0.39 is 17.7 Å². The lowest BCUT2D eigenvalue weighted by Gasteiger charge is -2.19. The van der Waals surface area contributed by atoms with Crippen molar-refractivity contribution >= 4 is 12.1 Å². The summed E-state index contributed by atoms with van der Waals surface area (Å²) in [7, 11) is 1.47. The quantitative estimate of drug-likeness (QED) is 0.817. The third-order valence-electron chi connectivity index (χ3n) is 1.79. The number of carboxylic acid groups (broad SMARTS) is 1. The maximum atomic E-state index is 11.3. The molecule has 2 N–H and O–H groups in total. The lowest BCUT2D eigenvalue weighted by molar-refractivity contribution is 0.0521. The van der Waals surface area contributed by atoms with Crippen molar-refractivity contribution in [2.24, 2.45) is 7.05 Å². The molecular formula is C10H16N4O4. The zero-order valence-corrected chi connectivity index (χ0v) is 10.7. The van der Waals surface area contributed by atoms with Crippen molar-refractivity contribution in [1.82, 2.24) is 20.1 Å². The van der Waals surface area contributed by atoms with E-state index in [0.29, 0.717) is 0 Å². The molecule has 0 aliphatic heterocycles. The van der Waals surface area contributed by atoms with Gasteiger partial charge in [-0.25, -0.2) is 19.3 Å². The van der Waals surface area contributed by atoms with Crippen LogP contribution < -0.4 is 5.32 Å². The fourth-order valence-electron chi connectivity index (χ4n) is 1.16. The molecule has 0 bridgehead atoms. The van der Waals surface area contributed by atoms with E-state index in [1.807, 2.05) is 0 Å². The van der Waals surface area contributed by atoms with Crippen LogP contribution in [0.1, 0.15) is 37.2 Å². The normalized spacial score (nSPS) is 11.1. The highest BCUT2D eigenvalue weighted by atomic mass is 16.6. The predicted octanol–water partition coefficient (Wildman–Crippen LogP) is 0.538. The average Bonchev–Trinajstić information content (AvgIpc) is 2.54. The molecular weight excluding hydrogens is 240 g/mol. The van der Waals surface area contributed by atoms with E-state index in [-0.39, 0.29) is 18.2 Å². The number of nitrogens with zero attached hydrogens (tertiary/aromatic N) is 3. The minimum absolute atomic E-state index is 0.00995. The Kier molecular flexibility index (Phi) is 3.89. The minimum atomic E-state index is -1.17. The summed E-state index contributed by atoms with van der Waals surface area (Å²) in [6, 6.07) is 0. The predicted molar refractivity (Wildman–Crippen MR) is 61.0 cm³/mol. The van der Waals surface area contributed by atoms with Crippen molar-refractivity contribution in [3.05, 3.63) is 11.6 Å². The lowest BCUT2D eigenvalue weighted by atomic mass is 10.2. The number of amides is 1. The number of carbonyl (C=O) groups excluding carboxylic acids is 1. The van der Waals surface area contributed by atoms with Crippen molar-refractivity contribution < 1.29 is 19.4 Å². The molecule has 0 spiro atoms. The molecule has 1 amide bonds. The summed E-state index contributed by atoms with van der Waals surface area (Å²) in [5, 5.41) is 15.1. The number of hydrogen-bond donors (Lipinski definition) is 2. The lowest BCUT2D eigenvalue weighted by Crippen LogP contribution is -2.32. The molecule has 0 unspecified atom stereocenters. The summed E-state index contributed by atoms with van der Waals surface area (Å²) in [6.45, 7) is 5.24. The Morgan fingerprint density at radius 3 is 2.50 bits per heavy atom. The van der Waals surface area contributed by atoms with Crippen LogP contribution in [0.15, 0.2) is 0 Å². The Morgan fingerprint density at radius 2 is 2.06 bits per heavy atom. The number of aromatic carboxylic acids is 1. The van der Waals surface area contributed by atoms with Crippen LogP contribution in [-0.2, 0) is 18.3 Å². The molecule has 0 radical (unpaired) electrons. The third-order valence-corrected chi connectivity index (χ3v) is 1.79. The smallest absolute Gasteiger partial charge is 0.408 e. The molecule has 0 aliphatic carbocycles. The van der Waals surface area contributed by atoms with Gasteiger partial charge in [0.25, 0.3) is 0 Å². The molecule has 0 atom stereocenters. The molecule has 1 rings (SSSR count). The van der Waals surface area contributed by atoms with Gasteiger partial charge in [-0.1, -0.05) is 0 Å².